The topological polar surface area (TPSA) is 42.7 Å². The van der Waals surface area contributed by atoms with Crippen LogP contribution in [0.2, 0.25) is 0 Å². The molecule has 0 aliphatic rings. The second-order valence-electron chi connectivity index (χ2n) is 4.35. The summed E-state index contributed by atoms with van der Waals surface area (Å²) in [5, 5.41) is 3.12. The number of aromatic nitrogens is 3. The first-order valence-corrected chi connectivity index (χ1v) is 6.64. The molecule has 0 amide bonds. The Kier molecular flexibility index (Phi) is 4.63. The minimum absolute atomic E-state index is 0.279. The van der Waals surface area contributed by atoms with E-state index >= 15 is 0 Å². The van der Waals surface area contributed by atoms with E-state index in [1.165, 1.54) is 0 Å². The summed E-state index contributed by atoms with van der Waals surface area (Å²) in [7, 11) is 0. The number of rotatable bonds is 6. The molecule has 2 heterocycles. The lowest BCUT2D eigenvalue weighted by Gasteiger charge is -2.10. The van der Waals surface area contributed by atoms with Crippen LogP contribution >= 0.6 is 0 Å². The van der Waals surface area contributed by atoms with E-state index in [9.17, 15) is 4.39 Å². The van der Waals surface area contributed by atoms with Crippen molar-refractivity contribution in [3.8, 4) is 5.82 Å². The Hall–Kier alpha value is -1.75. The number of nitrogens with zero attached hydrogens (tertiary/aromatic N) is 3. The van der Waals surface area contributed by atoms with Gasteiger partial charge in [0, 0.05) is 37.1 Å². The zero-order valence-corrected chi connectivity index (χ0v) is 11.4. The number of pyridine rings is 1. The minimum Gasteiger partial charge on any atom is -0.313 e. The molecule has 0 unspecified atom stereocenters. The molecule has 0 aromatic carbocycles. The molecule has 0 aliphatic carbocycles. The summed E-state index contributed by atoms with van der Waals surface area (Å²) in [4.78, 5) is 8.41. The van der Waals surface area contributed by atoms with Crippen LogP contribution < -0.4 is 5.32 Å². The molecule has 0 spiro atoms. The van der Waals surface area contributed by atoms with Gasteiger partial charge in [0.15, 0.2) is 11.6 Å². The average Bonchev–Trinajstić information content (AvgIpc) is 2.86. The highest BCUT2D eigenvalue weighted by Gasteiger charge is 2.13. The predicted molar refractivity (Wildman–Crippen MR) is 72.7 cm³/mol. The molecule has 2 rings (SSSR count). The lowest BCUT2D eigenvalue weighted by molar-refractivity contribution is 0.575. The molecule has 4 nitrogen and oxygen atoms in total. The maximum absolute atomic E-state index is 14.4. The molecular weight excluding hydrogens is 243 g/mol. The first kappa shape index (κ1) is 13.7. The molecule has 102 valence electrons. The number of halogens is 1. The fourth-order valence-corrected chi connectivity index (χ4v) is 1.97. The van der Waals surface area contributed by atoms with E-state index in [0.29, 0.717) is 17.9 Å². The number of nitrogens with one attached hydrogen (secondary N) is 1. The van der Waals surface area contributed by atoms with E-state index in [-0.39, 0.29) is 5.82 Å². The summed E-state index contributed by atoms with van der Waals surface area (Å²) in [6, 6.07) is 1.71. The van der Waals surface area contributed by atoms with Crippen molar-refractivity contribution in [2.24, 2.45) is 0 Å². The van der Waals surface area contributed by atoms with Gasteiger partial charge in [-0.25, -0.2) is 14.4 Å². The third-order valence-corrected chi connectivity index (χ3v) is 2.94. The quantitative estimate of drug-likeness (QED) is 0.869. The van der Waals surface area contributed by atoms with Gasteiger partial charge in [0.2, 0.25) is 0 Å². The van der Waals surface area contributed by atoms with Crippen LogP contribution in [0.15, 0.2) is 24.7 Å². The van der Waals surface area contributed by atoms with Gasteiger partial charge in [-0.1, -0.05) is 13.8 Å². The van der Waals surface area contributed by atoms with Crippen molar-refractivity contribution in [1.82, 2.24) is 19.9 Å². The summed E-state index contributed by atoms with van der Waals surface area (Å²) in [5.74, 6) is 0.893. The second kappa shape index (κ2) is 6.43. The van der Waals surface area contributed by atoms with E-state index in [4.69, 9.17) is 0 Å². The monoisotopic (exact) mass is 262 g/mol. The van der Waals surface area contributed by atoms with Crippen molar-refractivity contribution in [1.29, 1.82) is 0 Å². The fourth-order valence-electron chi connectivity index (χ4n) is 1.97. The summed E-state index contributed by atoms with van der Waals surface area (Å²) >= 11 is 0. The molecule has 19 heavy (non-hydrogen) atoms. The standard InChI is InChI=1S/C14H19FN4/c1-3-5-12-17-8-9-19(12)14-13(15)11(6-7-18-14)10-16-4-2/h6-9,16H,3-5,10H2,1-2H3. The lowest BCUT2D eigenvalue weighted by Crippen LogP contribution is -2.15. The number of hydrogen-bond acceptors (Lipinski definition) is 3. The van der Waals surface area contributed by atoms with Crippen molar-refractivity contribution in [2.75, 3.05) is 6.54 Å². The third kappa shape index (κ3) is 2.98. The highest BCUT2D eigenvalue weighted by atomic mass is 19.1. The van der Waals surface area contributed by atoms with Gasteiger partial charge in [0.25, 0.3) is 0 Å². The summed E-state index contributed by atoms with van der Waals surface area (Å²) in [6.45, 7) is 5.39. The zero-order chi connectivity index (χ0) is 13.7. The van der Waals surface area contributed by atoms with Crippen LogP contribution in [0.3, 0.4) is 0 Å². The normalized spacial score (nSPS) is 10.9. The zero-order valence-electron chi connectivity index (χ0n) is 11.4. The van der Waals surface area contributed by atoms with Gasteiger partial charge in [-0.3, -0.25) is 4.57 Å². The van der Waals surface area contributed by atoms with Gasteiger partial charge in [-0.2, -0.15) is 0 Å². The van der Waals surface area contributed by atoms with E-state index in [1.54, 1.807) is 29.2 Å². The molecule has 0 atom stereocenters. The molecule has 0 saturated heterocycles. The molecule has 2 aromatic rings. The summed E-state index contributed by atoms with van der Waals surface area (Å²) in [5.41, 5.74) is 0.628. The van der Waals surface area contributed by atoms with Gasteiger partial charge >= 0.3 is 0 Å². The number of hydrogen-bond donors (Lipinski definition) is 1. The molecule has 0 saturated carbocycles. The largest absolute Gasteiger partial charge is 0.313 e. The van der Waals surface area contributed by atoms with Crippen molar-refractivity contribution < 1.29 is 4.39 Å². The number of aryl methyl sites for hydroxylation is 1. The Morgan fingerprint density at radius 2 is 2.11 bits per heavy atom. The van der Waals surface area contributed by atoms with Crippen LogP contribution in [0.25, 0.3) is 5.82 Å². The van der Waals surface area contributed by atoms with Gasteiger partial charge in [0.05, 0.1) is 0 Å². The molecule has 1 N–H and O–H groups in total. The number of imidazole rings is 1. The minimum atomic E-state index is -0.279. The Balaban J connectivity index is 2.36. The second-order valence-corrected chi connectivity index (χ2v) is 4.35. The van der Waals surface area contributed by atoms with Crippen LogP contribution in [0.5, 0.6) is 0 Å². The Bertz CT molecular complexity index is 536. The highest BCUT2D eigenvalue weighted by molar-refractivity contribution is 5.32. The van der Waals surface area contributed by atoms with Crippen LogP contribution in [0.1, 0.15) is 31.7 Å². The SMILES string of the molecule is CCCc1nccn1-c1nccc(CNCC)c1F. The average molecular weight is 262 g/mol. The Morgan fingerprint density at radius 3 is 2.84 bits per heavy atom. The maximum Gasteiger partial charge on any atom is 0.174 e. The maximum atomic E-state index is 14.4. The van der Waals surface area contributed by atoms with Crippen LogP contribution in [-0.4, -0.2) is 21.1 Å². The van der Waals surface area contributed by atoms with Gasteiger partial charge in [0.1, 0.15) is 5.82 Å². The third-order valence-electron chi connectivity index (χ3n) is 2.94. The smallest absolute Gasteiger partial charge is 0.174 e. The molecule has 0 bridgehead atoms. The van der Waals surface area contributed by atoms with E-state index in [1.807, 2.05) is 6.92 Å². The van der Waals surface area contributed by atoms with Crippen LogP contribution in [0.4, 0.5) is 4.39 Å². The van der Waals surface area contributed by atoms with Crippen molar-refractivity contribution in [3.05, 3.63) is 41.9 Å². The first-order valence-electron chi connectivity index (χ1n) is 6.64. The molecular formula is C14H19FN4. The predicted octanol–water partition coefficient (Wildman–Crippen LogP) is 2.47. The Labute approximate surface area is 112 Å². The van der Waals surface area contributed by atoms with Crippen LogP contribution in [-0.2, 0) is 13.0 Å². The van der Waals surface area contributed by atoms with Gasteiger partial charge in [-0.05, 0) is 19.0 Å². The summed E-state index contributed by atoms with van der Waals surface area (Å²) in [6.07, 6.45) is 6.86. The molecule has 0 aliphatic heterocycles. The molecule has 0 radical (unpaired) electrons. The van der Waals surface area contributed by atoms with E-state index < -0.39 is 0 Å². The molecule has 0 fully saturated rings. The van der Waals surface area contributed by atoms with E-state index in [2.05, 4.69) is 22.2 Å². The van der Waals surface area contributed by atoms with Gasteiger partial charge < -0.3 is 5.32 Å². The van der Waals surface area contributed by atoms with Crippen molar-refractivity contribution in [2.45, 2.75) is 33.2 Å². The molecule has 5 heteroatoms. The van der Waals surface area contributed by atoms with Crippen molar-refractivity contribution >= 4 is 0 Å². The van der Waals surface area contributed by atoms with Gasteiger partial charge in [-0.15, -0.1) is 0 Å². The van der Waals surface area contributed by atoms with E-state index in [0.717, 1.165) is 25.2 Å². The summed E-state index contributed by atoms with van der Waals surface area (Å²) < 4.78 is 16.2. The lowest BCUT2D eigenvalue weighted by atomic mass is 10.2. The van der Waals surface area contributed by atoms with Crippen molar-refractivity contribution in [3.63, 3.8) is 0 Å². The fraction of sp³-hybridized carbons (Fsp3) is 0.429. The Morgan fingerprint density at radius 1 is 1.26 bits per heavy atom. The highest BCUT2D eigenvalue weighted by Crippen LogP contribution is 2.16. The first-order chi connectivity index (χ1) is 9.27. The van der Waals surface area contributed by atoms with Crippen LogP contribution in [0, 0.1) is 5.82 Å². The molecule has 2 aromatic heterocycles.